The van der Waals surface area contributed by atoms with Gasteiger partial charge in [-0.05, 0) is 29.5 Å². The molecule has 3 aromatic carbocycles. The largest absolute Gasteiger partial charge is 0.481 e. The lowest BCUT2D eigenvalue weighted by Crippen LogP contribution is -2.38. The van der Waals surface area contributed by atoms with E-state index < -0.39 is 29.7 Å². The quantitative estimate of drug-likeness (QED) is 0.0445. The van der Waals surface area contributed by atoms with Crippen molar-refractivity contribution in [2.45, 2.75) is 127 Å². The summed E-state index contributed by atoms with van der Waals surface area (Å²) in [5, 5.41) is 20.3. The second kappa shape index (κ2) is 24.6. The van der Waals surface area contributed by atoms with Gasteiger partial charge in [-0.25, -0.2) is 4.79 Å². The summed E-state index contributed by atoms with van der Waals surface area (Å²) in [7, 11) is 0. The third-order valence-corrected chi connectivity index (χ3v) is 9.15. The molecule has 2 atom stereocenters. The second-order valence-electron chi connectivity index (χ2n) is 13.3. The Morgan fingerprint density at radius 2 is 1.04 bits per heavy atom. The molecule has 0 bridgehead atoms. The fourth-order valence-corrected chi connectivity index (χ4v) is 6.35. The third kappa shape index (κ3) is 14.8. The number of carboxylic acids is 1. The van der Waals surface area contributed by atoms with Crippen molar-refractivity contribution >= 4 is 11.9 Å². The van der Waals surface area contributed by atoms with Crippen molar-refractivity contribution in [3.8, 4) is 0 Å². The number of aliphatic hydroxyl groups is 1. The molecule has 0 saturated heterocycles. The molecule has 7 nitrogen and oxygen atoms in total. The summed E-state index contributed by atoms with van der Waals surface area (Å²) in [6.07, 6.45) is 14.9. The number of carboxylic acid groups (broad SMARTS) is 1. The van der Waals surface area contributed by atoms with Gasteiger partial charge in [-0.3, -0.25) is 4.79 Å². The number of ether oxygens (including phenoxy) is 3. The first-order valence-corrected chi connectivity index (χ1v) is 19.0. The first kappa shape index (κ1) is 40.9. The van der Waals surface area contributed by atoms with Gasteiger partial charge in [0.15, 0.2) is 6.10 Å². The average molecular weight is 689 g/mol. The third-order valence-electron chi connectivity index (χ3n) is 9.15. The van der Waals surface area contributed by atoms with Crippen LogP contribution in [0.2, 0.25) is 0 Å². The molecule has 2 unspecified atom stereocenters. The molecule has 0 saturated carbocycles. The molecular formula is C43H60O7. The van der Waals surface area contributed by atoms with Gasteiger partial charge in [0.25, 0.3) is 0 Å². The molecule has 0 aliphatic heterocycles. The lowest BCUT2D eigenvalue weighted by Gasteiger charge is -2.36. The van der Waals surface area contributed by atoms with E-state index >= 15 is 0 Å². The summed E-state index contributed by atoms with van der Waals surface area (Å²) in [5.41, 5.74) is 1.69. The van der Waals surface area contributed by atoms with E-state index in [0.717, 1.165) is 36.0 Å². The molecule has 0 amide bonds. The first-order valence-electron chi connectivity index (χ1n) is 19.0. The summed E-state index contributed by atoms with van der Waals surface area (Å²) < 4.78 is 18.0. The summed E-state index contributed by atoms with van der Waals surface area (Å²) >= 11 is 0. The van der Waals surface area contributed by atoms with Crippen molar-refractivity contribution in [1.29, 1.82) is 0 Å². The Labute approximate surface area is 300 Å². The molecule has 50 heavy (non-hydrogen) atoms. The van der Waals surface area contributed by atoms with E-state index in [1.54, 1.807) is 0 Å². The number of esters is 1. The Bertz CT molecular complexity index is 1200. The predicted molar refractivity (Wildman–Crippen MR) is 199 cm³/mol. The van der Waals surface area contributed by atoms with Crippen LogP contribution in [0.5, 0.6) is 0 Å². The van der Waals surface area contributed by atoms with Gasteiger partial charge in [0.1, 0.15) is 11.7 Å². The highest BCUT2D eigenvalue weighted by Gasteiger charge is 2.38. The maximum atomic E-state index is 12.9. The molecule has 3 rings (SSSR count). The molecule has 3 aromatic rings. The molecule has 0 fully saturated rings. The smallest absolute Gasteiger partial charge is 0.335 e. The number of aliphatic hydroxyl groups excluding tert-OH is 1. The number of unbranched alkanes of at least 4 members (excludes halogenated alkanes) is 13. The molecule has 0 aliphatic rings. The van der Waals surface area contributed by atoms with Crippen LogP contribution in [-0.2, 0) is 29.4 Å². The van der Waals surface area contributed by atoms with Crippen LogP contribution in [0.4, 0.5) is 0 Å². The molecular weight excluding hydrogens is 628 g/mol. The van der Waals surface area contributed by atoms with Gasteiger partial charge in [0.2, 0.25) is 0 Å². The molecule has 0 heterocycles. The zero-order valence-electron chi connectivity index (χ0n) is 30.2. The van der Waals surface area contributed by atoms with Gasteiger partial charge in [0, 0.05) is 6.42 Å². The lowest BCUT2D eigenvalue weighted by molar-refractivity contribution is -0.161. The van der Waals surface area contributed by atoms with Crippen LogP contribution in [0, 0.1) is 0 Å². The number of benzene rings is 3. The highest BCUT2D eigenvalue weighted by molar-refractivity contribution is 5.76. The second-order valence-corrected chi connectivity index (χ2v) is 13.3. The van der Waals surface area contributed by atoms with Crippen LogP contribution in [-0.4, -0.2) is 54.2 Å². The average Bonchev–Trinajstić information content (AvgIpc) is 3.14. The minimum absolute atomic E-state index is 0.0392. The van der Waals surface area contributed by atoms with Crippen LogP contribution in [0.15, 0.2) is 91.0 Å². The molecule has 7 heteroatoms. The monoisotopic (exact) mass is 688 g/mol. The van der Waals surface area contributed by atoms with Crippen LogP contribution in [0.3, 0.4) is 0 Å². The fraction of sp³-hybridized carbons (Fsp3) is 0.535. The van der Waals surface area contributed by atoms with E-state index in [1.807, 2.05) is 91.0 Å². The van der Waals surface area contributed by atoms with Crippen molar-refractivity contribution < 1.29 is 34.0 Å². The molecule has 0 aromatic heterocycles. The summed E-state index contributed by atoms with van der Waals surface area (Å²) in [4.78, 5) is 24.2. The van der Waals surface area contributed by atoms with E-state index in [1.165, 1.54) is 70.6 Å². The van der Waals surface area contributed by atoms with E-state index in [4.69, 9.17) is 14.2 Å². The van der Waals surface area contributed by atoms with Gasteiger partial charge in [0.05, 0.1) is 19.8 Å². The van der Waals surface area contributed by atoms with Gasteiger partial charge >= 0.3 is 11.9 Å². The van der Waals surface area contributed by atoms with Crippen LogP contribution in [0.1, 0.15) is 126 Å². The number of hydrogen-bond donors (Lipinski definition) is 2. The molecule has 0 radical (unpaired) electrons. The fourth-order valence-electron chi connectivity index (χ4n) is 6.35. The minimum Gasteiger partial charge on any atom is -0.481 e. The van der Waals surface area contributed by atoms with Gasteiger partial charge in [-0.2, -0.15) is 0 Å². The van der Waals surface area contributed by atoms with Crippen molar-refractivity contribution in [3.05, 3.63) is 108 Å². The molecule has 2 N–H and O–H groups in total. The van der Waals surface area contributed by atoms with E-state index in [2.05, 4.69) is 6.92 Å². The molecule has 274 valence electrons. The number of aliphatic carboxylic acids is 1. The number of carbonyl (C=O) groups excluding carboxylic acids is 1. The summed E-state index contributed by atoms with van der Waals surface area (Å²) in [5.74, 6) is -1.62. The van der Waals surface area contributed by atoms with E-state index in [0.29, 0.717) is 0 Å². The van der Waals surface area contributed by atoms with Crippen LogP contribution >= 0.6 is 0 Å². The first-order chi connectivity index (χ1) is 24.5. The Balaban J connectivity index is 1.46. The zero-order valence-corrected chi connectivity index (χ0v) is 30.2. The zero-order chi connectivity index (χ0) is 35.7. The van der Waals surface area contributed by atoms with Gasteiger partial charge in [-0.15, -0.1) is 0 Å². The maximum Gasteiger partial charge on any atom is 0.335 e. The van der Waals surface area contributed by atoms with Gasteiger partial charge in [-0.1, -0.05) is 181 Å². The molecule has 0 spiro atoms. The van der Waals surface area contributed by atoms with Gasteiger partial charge < -0.3 is 24.4 Å². The SMILES string of the molecule is CCCCCCCCCCCCCCCCOC(=O)C(CCC(=O)O)OCC(O)COC(c1ccccc1)(c1ccccc1)c1ccccc1. The maximum absolute atomic E-state index is 12.9. The predicted octanol–water partition coefficient (Wildman–Crippen LogP) is 9.63. The lowest BCUT2D eigenvalue weighted by atomic mass is 9.80. The standard InChI is InChI=1S/C43H60O7/c1-2-3-4-5-6-7-8-9-10-11-12-13-14-24-33-48-42(47)40(31-32-41(45)46)49-34-39(44)35-50-43(36-25-18-15-19-26-36,37-27-20-16-21-28-37)38-29-22-17-23-30-38/h15-23,25-30,39-40,44H,2-14,24,31-35H2,1H3,(H,45,46). The Kier molecular flexibility index (Phi) is 20.1. The number of carbonyl (C=O) groups is 2. The molecule has 0 aliphatic carbocycles. The normalized spacial score (nSPS) is 12.8. The summed E-state index contributed by atoms with van der Waals surface area (Å²) in [6, 6.07) is 29.6. The number of rotatable bonds is 28. The van der Waals surface area contributed by atoms with Crippen molar-refractivity contribution in [1.82, 2.24) is 0 Å². The topological polar surface area (TPSA) is 102 Å². The van der Waals surface area contributed by atoms with E-state index in [-0.39, 0.29) is 32.7 Å². The van der Waals surface area contributed by atoms with Crippen LogP contribution in [0.25, 0.3) is 0 Å². The minimum atomic E-state index is -1.09. The van der Waals surface area contributed by atoms with Crippen molar-refractivity contribution in [2.75, 3.05) is 19.8 Å². The Morgan fingerprint density at radius 3 is 1.46 bits per heavy atom. The van der Waals surface area contributed by atoms with E-state index in [9.17, 15) is 19.8 Å². The highest BCUT2D eigenvalue weighted by Crippen LogP contribution is 2.40. The van der Waals surface area contributed by atoms with Crippen molar-refractivity contribution in [2.24, 2.45) is 0 Å². The number of hydrogen-bond acceptors (Lipinski definition) is 6. The van der Waals surface area contributed by atoms with Crippen molar-refractivity contribution in [3.63, 3.8) is 0 Å². The van der Waals surface area contributed by atoms with Crippen LogP contribution < -0.4 is 0 Å². The Morgan fingerprint density at radius 1 is 0.620 bits per heavy atom. The highest BCUT2D eigenvalue weighted by atomic mass is 16.6. The Hall–Kier alpha value is -3.52. The summed E-state index contributed by atoms with van der Waals surface area (Å²) in [6.45, 7) is 2.21.